The summed E-state index contributed by atoms with van der Waals surface area (Å²) in [5.74, 6) is 1.51. The predicted molar refractivity (Wildman–Crippen MR) is 89.2 cm³/mol. The summed E-state index contributed by atoms with van der Waals surface area (Å²) in [6.45, 7) is 7.38. The number of furan rings is 1. The highest BCUT2D eigenvalue weighted by molar-refractivity contribution is 7.10. The molecule has 1 aliphatic rings. The lowest BCUT2D eigenvalue weighted by Crippen LogP contribution is -2.28. The minimum absolute atomic E-state index is 0.0168. The molecule has 2 aromatic rings. The summed E-state index contributed by atoms with van der Waals surface area (Å²) in [4.78, 5) is 13.8. The van der Waals surface area contributed by atoms with E-state index in [4.69, 9.17) is 4.42 Å². The van der Waals surface area contributed by atoms with Gasteiger partial charge in [0.05, 0.1) is 18.4 Å². The van der Waals surface area contributed by atoms with Crippen LogP contribution in [-0.4, -0.2) is 5.91 Å². The third kappa shape index (κ3) is 3.12. The van der Waals surface area contributed by atoms with Gasteiger partial charge in [-0.3, -0.25) is 4.79 Å². The second-order valence-corrected chi connectivity index (χ2v) is 8.08. The number of fused-ring (bicyclic) bond motifs is 1. The van der Waals surface area contributed by atoms with Crippen molar-refractivity contribution in [2.75, 3.05) is 0 Å². The average molecular weight is 317 g/mol. The van der Waals surface area contributed by atoms with Crippen LogP contribution in [0.4, 0.5) is 0 Å². The minimum atomic E-state index is 0.0168. The predicted octanol–water partition coefficient (Wildman–Crippen LogP) is 4.42. The van der Waals surface area contributed by atoms with Gasteiger partial charge in [0.1, 0.15) is 5.76 Å². The normalized spacial score (nSPS) is 18.0. The zero-order valence-corrected chi connectivity index (χ0v) is 14.3. The van der Waals surface area contributed by atoms with Crippen LogP contribution in [0.3, 0.4) is 0 Å². The van der Waals surface area contributed by atoms with Crippen LogP contribution in [-0.2, 0) is 19.4 Å². The van der Waals surface area contributed by atoms with Crippen molar-refractivity contribution in [3.05, 3.63) is 45.5 Å². The summed E-state index contributed by atoms with van der Waals surface area (Å²) in [6, 6.07) is 3.71. The zero-order valence-electron chi connectivity index (χ0n) is 13.4. The molecule has 1 amide bonds. The summed E-state index contributed by atoms with van der Waals surface area (Å²) >= 11 is 1.74. The molecule has 118 valence electrons. The van der Waals surface area contributed by atoms with Crippen molar-refractivity contribution < 1.29 is 9.21 Å². The SMILES string of the molecule is CC(C)(C)C1CCc2c(C(=O)NCc3ccco3)csc2C1. The lowest BCUT2D eigenvalue weighted by atomic mass is 9.72. The second kappa shape index (κ2) is 5.92. The summed E-state index contributed by atoms with van der Waals surface area (Å²) in [6.07, 6.45) is 4.92. The quantitative estimate of drug-likeness (QED) is 0.910. The largest absolute Gasteiger partial charge is 0.467 e. The summed E-state index contributed by atoms with van der Waals surface area (Å²) in [5, 5.41) is 4.97. The molecule has 22 heavy (non-hydrogen) atoms. The molecule has 2 aromatic heterocycles. The molecule has 0 radical (unpaired) electrons. The first-order valence-electron chi connectivity index (χ1n) is 7.85. The maximum atomic E-state index is 12.4. The molecule has 0 aliphatic heterocycles. The maximum absolute atomic E-state index is 12.4. The number of carbonyl (C=O) groups is 1. The van der Waals surface area contributed by atoms with Crippen molar-refractivity contribution >= 4 is 17.2 Å². The monoisotopic (exact) mass is 317 g/mol. The Labute approximate surface area is 135 Å². The van der Waals surface area contributed by atoms with Gasteiger partial charge in [-0.1, -0.05) is 20.8 Å². The summed E-state index contributed by atoms with van der Waals surface area (Å²) in [5.41, 5.74) is 2.46. The lowest BCUT2D eigenvalue weighted by Gasteiger charge is -2.34. The van der Waals surface area contributed by atoms with Crippen LogP contribution in [0.1, 0.15) is 53.8 Å². The molecule has 0 fully saturated rings. The van der Waals surface area contributed by atoms with Gasteiger partial charge < -0.3 is 9.73 Å². The molecular formula is C18H23NO2S. The summed E-state index contributed by atoms with van der Waals surface area (Å²) in [7, 11) is 0. The fraction of sp³-hybridized carbons (Fsp3) is 0.500. The van der Waals surface area contributed by atoms with E-state index < -0.39 is 0 Å². The molecule has 0 saturated carbocycles. The third-order valence-electron chi connectivity index (χ3n) is 4.63. The Balaban J connectivity index is 1.69. The zero-order chi connectivity index (χ0) is 15.7. The standard InChI is InChI=1S/C18H23NO2S/c1-18(2,3)12-6-7-14-15(11-22-16(14)9-12)17(20)19-10-13-5-4-8-21-13/h4-5,8,11-12H,6-7,9-10H2,1-3H3,(H,19,20). The molecule has 1 unspecified atom stereocenters. The number of amides is 1. The molecular weight excluding hydrogens is 294 g/mol. The van der Waals surface area contributed by atoms with Gasteiger partial charge in [0, 0.05) is 10.3 Å². The van der Waals surface area contributed by atoms with Crippen LogP contribution in [0.2, 0.25) is 0 Å². The fourth-order valence-electron chi connectivity index (χ4n) is 3.12. The first kappa shape index (κ1) is 15.3. The molecule has 1 aliphatic carbocycles. The second-order valence-electron chi connectivity index (χ2n) is 7.12. The van der Waals surface area contributed by atoms with Crippen molar-refractivity contribution in [2.45, 2.75) is 46.6 Å². The molecule has 0 spiro atoms. The number of thiophene rings is 1. The Morgan fingerprint density at radius 2 is 2.27 bits per heavy atom. The molecule has 4 heteroatoms. The highest BCUT2D eigenvalue weighted by atomic mass is 32.1. The number of nitrogens with one attached hydrogen (secondary N) is 1. The first-order valence-corrected chi connectivity index (χ1v) is 8.73. The number of hydrogen-bond acceptors (Lipinski definition) is 3. The van der Waals surface area contributed by atoms with E-state index >= 15 is 0 Å². The Morgan fingerprint density at radius 3 is 2.95 bits per heavy atom. The minimum Gasteiger partial charge on any atom is -0.467 e. The van der Waals surface area contributed by atoms with E-state index in [1.165, 1.54) is 16.9 Å². The van der Waals surface area contributed by atoms with Gasteiger partial charge in [0.15, 0.2) is 0 Å². The van der Waals surface area contributed by atoms with Crippen LogP contribution >= 0.6 is 11.3 Å². The van der Waals surface area contributed by atoms with E-state index in [1.54, 1.807) is 17.6 Å². The van der Waals surface area contributed by atoms with E-state index in [-0.39, 0.29) is 5.91 Å². The van der Waals surface area contributed by atoms with Crippen LogP contribution in [0.15, 0.2) is 28.2 Å². The number of carbonyl (C=O) groups excluding carboxylic acids is 1. The average Bonchev–Trinajstić information content (AvgIpc) is 3.12. The Hall–Kier alpha value is -1.55. The van der Waals surface area contributed by atoms with Crippen molar-refractivity contribution in [3.8, 4) is 0 Å². The molecule has 0 bridgehead atoms. The molecule has 0 aromatic carbocycles. The van der Waals surface area contributed by atoms with Crippen LogP contribution in [0.5, 0.6) is 0 Å². The Bertz CT molecular complexity index is 649. The van der Waals surface area contributed by atoms with Gasteiger partial charge in [-0.05, 0) is 48.3 Å². The molecule has 3 nitrogen and oxygen atoms in total. The molecule has 0 saturated heterocycles. The fourth-order valence-corrected chi connectivity index (χ4v) is 4.28. The summed E-state index contributed by atoms with van der Waals surface area (Å²) < 4.78 is 5.25. The highest BCUT2D eigenvalue weighted by Gasteiger charge is 2.31. The van der Waals surface area contributed by atoms with Crippen LogP contribution in [0, 0.1) is 11.3 Å². The maximum Gasteiger partial charge on any atom is 0.252 e. The van der Waals surface area contributed by atoms with Crippen LogP contribution in [0.25, 0.3) is 0 Å². The Morgan fingerprint density at radius 1 is 1.45 bits per heavy atom. The van der Waals surface area contributed by atoms with Gasteiger partial charge in [-0.2, -0.15) is 0 Å². The van der Waals surface area contributed by atoms with Crippen molar-refractivity contribution in [2.24, 2.45) is 11.3 Å². The van der Waals surface area contributed by atoms with Crippen LogP contribution < -0.4 is 5.32 Å². The molecule has 3 rings (SSSR count). The van der Waals surface area contributed by atoms with Crippen molar-refractivity contribution in [1.82, 2.24) is 5.32 Å². The third-order valence-corrected chi connectivity index (χ3v) is 5.68. The van der Waals surface area contributed by atoms with Gasteiger partial charge in [-0.25, -0.2) is 0 Å². The molecule has 2 heterocycles. The highest BCUT2D eigenvalue weighted by Crippen LogP contribution is 2.40. The van der Waals surface area contributed by atoms with Crippen molar-refractivity contribution in [3.63, 3.8) is 0 Å². The van der Waals surface area contributed by atoms with E-state index in [0.717, 1.165) is 24.2 Å². The number of hydrogen-bond donors (Lipinski definition) is 1. The van der Waals surface area contributed by atoms with E-state index in [2.05, 4.69) is 26.1 Å². The number of rotatable bonds is 3. The smallest absolute Gasteiger partial charge is 0.252 e. The van der Waals surface area contributed by atoms with Gasteiger partial charge in [-0.15, -0.1) is 11.3 Å². The van der Waals surface area contributed by atoms with Gasteiger partial charge in [0.25, 0.3) is 5.91 Å². The van der Waals surface area contributed by atoms with E-state index in [9.17, 15) is 4.79 Å². The Kier molecular flexibility index (Phi) is 4.13. The van der Waals surface area contributed by atoms with E-state index in [1.807, 2.05) is 17.5 Å². The van der Waals surface area contributed by atoms with Gasteiger partial charge >= 0.3 is 0 Å². The molecule has 1 atom stereocenters. The lowest BCUT2D eigenvalue weighted by molar-refractivity contribution is 0.0947. The van der Waals surface area contributed by atoms with Crippen molar-refractivity contribution in [1.29, 1.82) is 0 Å². The topological polar surface area (TPSA) is 42.2 Å². The van der Waals surface area contributed by atoms with E-state index in [0.29, 0.717) is 17.9 Å². The molecule has 1 N–H and O–H groups in total. The van der Waals surface area contributed by atoms with Gasteiger partial charge in [0.2, 0.25) is 0 Å². The first-order chi connectivity index (χ1) is 10.4.